The van der Waals surface area contributed by atoms with Crippen molar-refractivity contribution in [2.45, 2.75) is 97.3 Å². The lowest BCUT2D eigenvalue weighted by atomic mass is 9.70. The van der Waals surface area contributed by atoms with Gasteiger partial charge < -0.3 is 0 Å². The predicted molar refractivity (Wildman–Crippen MR) is 166 cm³/mol. The van der Waals surface area contributed by atoms with Gasteiger partial charge in [0.15, 0.2) is 23.3 Å². The summed E-state index contributed by atoms with van der Waals surface area (Å²) in [5.74, 6) is -1.16. The molecule has 0 spiro atoms. The van der Waals surface area contributed by atoms with Gasteiger partial charge in [-0.05, 0) is 79.0 Å². The van der Waals surface area contributed by atoms with Gasteiger partial charge in [0.05, 0.1) is 0 Å². The lowest BCUT2D eigenvalue weighted by Crippen LogP contribution is -2.23. The first-order valence-electron chi connectivity index (χ1n) is 16.1. The van der Waals surface area contributed by atoms with E-state index in [4.69, 9.17) is 0 Å². The van der Waals surface area contributed by atoms with Gasteiger partial charge in [0.2, 0.25) is 0 Å². The Morgan fingerprint density at radius 1 is 0.595 bits per heavy atom. The molecule has 0 saturated heterocycles. The Bertz CT molecular complexity index is 1380. The molecule has 0 aliphatic heterocycles. The van der Waals surface area contributed by atoms with E-state index in [0.717, 1.165) is 36.7 Å². The maximum atomic E-state index is 15.4. The van der Waals surface area contributed by atoms with Crippen LogP contribution in [0.3, 0.4) is 0 Å². The molecule has 3 aromatic carbocycles. The standard InChI is InChI=1S/C38H44F4/c1-3-4-5-6-7-8-26-10-12-27(13-11-26)28-14-16-29(17-15-28)33-23-24-34(38(42)37(33)41)31-20-18-30(19-21-31)32-22-9-25(2)35(39)36(32)40/h9,16,18-24,26-28H,3-8,10-15,17H2,1-2H3. The van der Waals surface area contributed by atoms with Crippen LogP contribution in [0.25, 0.3) is 27.8 Å². The van der Waals surface area contributed by atoms with E-state index in [1.807, 2.05) is 0 Å². The second-order valence-electron chi connectivity index (χ2n) is 12.7. The Morgan fingerprint density at radius 2 is 1.17 bits per heavy atom. The van der Waals surface area contributed by atoms with Crippen LogP contribution in [0.1, 0.15) is 102 Å². The number of benzene rings is 3. The first-order chi connectivity index (χ1) is 20.4. The molecule has 5 rings (SSSR count). The summed E-state index contributed by atoms with van der Waals surface area (Å²) in [6.45, 7) is 3.77. The van der Waals surface area contributed by atoms with Crippen molar-refractivity contribution in [3.05, 3.63) is 89.0 Å². The number of rotatable bonds is 10. The molecule has 0 amide bonds. The number of hydrogen-bond acceptors (Lipinski definition) is 0. The summed E-state index contributed by atoms with van der Waals surface area (Å²) in [5.41, 5.74) is 2.77. The largest absolute Gasteiger partial charge is 0.203 e. The molecule has 0 nitrogen and oxygen atoms in total. The highest BCUT2D eigenvalue weighted by atomic mass is 19.2. The topological polar surface area (TPSA) is 0 Å². The molecule has 1 saturated carbocycles. The number of hydrogen-bond donors (Lipinski definition) is 0. The van der Waals surface area contributed by atoms with Crippen LogP contribution in [0.2, 0.25) is 0 Å². The molecule has 2 aliphatic rings. The van der Waals surface area contributed by atoms with Crippen molar-refractivity contribution in [2.24, 2.45) is 17.8 Å². The van der Waals surface area contributed by atoms with Crippen LogP contribution in [-0.4, -0.2) is 0 Å². The van der Waals surface area contributed by atoms with Gasteiger partial charge in [0.1, 0.15) is 0 Å². The van der Waals surface area contributed by atoms with Gasteiger partial charge in [-0.1, -0.05) is 113 Å². The summed E-state index contributed by atoms with van der Waals surface area (Å²) in [6, 6.07) is 12.8. The molecule has 224 valence electrons. The minimum Gasteiger partial charge on any atom is -0.203 e. The lowest BCUT2D eigenvalue weighted by Gasteiger charge is -2.35. The summed E-state index contributed by atoms with van der Waals surface area (Å²) in [4.78, 5) is 0. The van der Waals surface area contributed by atoms with E-state index in [0.29, 0.717) is 22.6 Å². The van der Waals surface area contributed by atoms with Gasteiger partial charge >= 0.3 is 0 Å². The first kappa shape index (κ1) is 30.6. The summed E-state index contributed by atoms with van der Waals surface area (Å²) in [6.07, 6.45) is 18.4. The molecule has 42 heavy (non-hydrogen) atoms. The Balaban J connectivity index is 1.20. The van der Waals surface area contributed by atoms with E-state index < -0.39 is 23.3 Å². The van der Waals surface area contributed by atoms with Crippen LogP contribution >= 0.6 is 0 Å². The van der Waals surface area contributed by atoms with Crippen molar-refractivity contribution < 1.29 is 17.6 Å². The lowest BCUT2D eigenvalue weighted by molar-refractivity contribution is 0.187. The molecular formula is C38H44F4. The third kappa shape index (κ3) is 6.84. The molecule has 1 atom stereocenters. The summed E-state index contributed by atoms with van der Waals surface area (Å²) < 4.78 is 59.2. The van der Waals surface area contributed by atoms with E-state index in [2.05, 4.69) is 13.0 Å². The first-order valence-corrected chi connectivity index (χ1v) is 16.1. The fourth-order valence-electron chi connectivity index (χ4n) is 7.23. The highest BCUT2D eigenvalue weighted by molar-refractivity contribution is 5.74. The average molecular weight is 577 g/mol. The van der Waals surface area contributed by atoms with Gasteiger partial charge in [-0.2, -0.15) is 0 Å². The molecule has 1 unspecified atom stereocenters. The van der Waals surface area contributed by atoms with E-state index in [9.17, 15) is 8.78 Å². The third-order valence-electron chi connectivity index (χ3n) is 9.94. The number of allylic oxidation sites excluding steroid dienone is 2. The summed E-state index contributed by atoms with van der Waals surface area (Å²) in [7, 11) is 0. The SMILES string of the molecule is CCCCCCCC1CCC(C2CC=C(c3ccc(-c4ccc(-c5ccc(C)c(F)c5F)cc4)c(F)c3F)CC2)CC1. The molecule has 2 aliphatic carbocycles. The smallest absolute Gasteiger partial charge is 0.167 e. The molecule has 3 aromatic rings. The van der Waals surface area contributed by atoms with E-state index in [1.54, 1.807) is 36.4 Å². The molecule has 4 heteroatoms. The average Bonchev–Trinajstić information content (AvgIpc) is 3.02. The van der Waals surface area contributed by atoms with Crippen molar-refractivity contribution in [3.63, 3.8) is 0 Å². The molecular weight excluding hydrogens is 532 g/mol. The zero-order valence-electron chi connectivity index (χ0n) is 25.1. The van der Waals surface area contributed by atoms with Gasteiger partial charge in [0.25, 0.3) is 0 Å². The minimum absolute atomic E-state index is 0.139. The van der Waals surface area contributed by atoms with Crippen LogP contribution < -0.4 is 0 Å². The maximum Gasteiger partial charge on any atom is 0.167 e. The number of aryl methyl sites for hydroxylation is 1. The van der Waals surface area contributed by atoms with Crippen molar-refractivity contribution in [3.8, 4) is 22.3 Å². The number of halogens is 4. The van der Waals surface area contributed by atoms with Crippen molar-refractivity contribution >= 4 is 5.57 Å². The van der Waals surface area contributed by atoms with Crippen LogP contribution in [0.15, 0.2) is 54.6 Å². The Hall–Kier alpha value is -2.88. The zero-order chi connectivity index (χ0) is 29.6. The highest BCUT2D eigenvalue weighted by Gasteiger charge is 2.29. The van der Waals surface area contributed by atoms with Gasteiger partial charge in [-0.25, -0.2) is 17.6 Å². The molecule has 0 heterocycles. The van der Waals surface area contributed by atoms with Crippen LogP contribution in [0, 0.1) is 47.9 Å². The summed E-state index contributed by atoms with van der Waals surface area (Å²) >= 11 is 0. The molecule has 0 aromatic heterocycles. The van der Waals surface area contributed by atoms with Gasteiger partial charge in [-0.3, -0.25) is 0 Å². The quantitative estimate of drug-likeness (QED) is 0.166. The normalized spacial score (nSPS) is 20.9. The maximum absolute atomic E-state index is 15.4. The Kier molecular flexibility index (Phi) is 10.2. The van der Waals surface area contributed by atoms with Crippen molar-refractivity contribution in [1.82, 2.24) is 0 Å². The fourth-order valence-corrected chi connectivity index (χ4v) is 7.23. The van der Waals surface area contributed by atoms with Gasteiger partial charge in [0, 0.05) is 16.7 Å². The van der Waals surface area contributed by atoms with Crippen LogP contribution in [-0.2, 0) is 0 Å². The van der Waals surface area contributed by atoms with Crippen LogP contribution in [0.4, 0.5) is 17.6 Å². The highest BCUT2D eigenvalue weighted by Crippen LogP contribution is 2.43. The molecule has 0 N–H and O–H groups in total. The van der Waals surface area contributed by atoms with Crippen molar-refractivity contribution in [1.29, 1.82) is 0 Å². The molecule has 0 bridgehead atoms. The Labute approximate surface area is 249 Å². The van der Waals surface area contributed by atoms with Gasteiger partial charge in [-0.15, -0.1) is 0 Å². The third-order valence-corrected chi connectivity index (χ3v) is 9.94. The van der Waals surface area contributed by atoms with E-state index in [-0.39, 0.29) is 16.7 Å². The zero-order valence-corrected chi connectivity index (χ0v) is 25.1. The van der Waals surface area contributed by atoms with E-state index >= 15 is 8.78 Å². The van der Waals surface area contributed by atoms with Crippen LogP contribution in [0.5, 0.6) is 0 Å². The van der Waals surface area contributed by atoms with E-state index in [1.165, 1.54) is 83.3 Å². The van der Waals surface area contributed by atoms with Crippen molar-refractivity contribution in [2.75, 3.05) is 0 Å². The fraction of sp³-hybridized carbons (Fsp3) is 0.474. The predicted octanol–water partition coefficient (Wildman–Crippen LogP) is 12.2. The number of unbranched alkanes of at least 4 members (excludes halogenated alkanes) is 4. The second kappa shape index (κ2) is 14.1. The monoisotopic (exact) mass is 576 g/mol. The molecule has 1 fully saturated rings. The molecule has 0 radical (unpaired) electrons. The summed E-state index contributed by atoms with van der Waals surface area (Å²) in [5, 5.41) is 0. The Morgan fingerprint density at radius 3 is 1.79 bits per heavy atom. The minimum atomic E-state index is -0.909. The second-order valence-corrected chi connectivity index (χ2v) is 12.7.